The fourth-order valence-corrected chi connectivity index (χ4v) is 0.378. The van der Waals surface area contributed by atoms with Gasteiger partial charge in [0.25, 0.3) is 0 Å². The quantitative estimate of drug-likeness (QED) is 0.389. The van der Waals surface area contributed by atoms with Gasteiger partial charge < -0.3 is 0 Å². The summed E-state index contributed by atoms with van der Waals surface area (Å²) in [5.74, 6) is 0. The summed E-state index contributed by atoms with van der Waals surface area (Å²) in [5.41, 5.74) is -0.275. The van der Waals surface area contributed by atoms with Crippen molar-refractivity contribution < 1.29 is 0 Å². The number of rotatable bonds is 2. The van der Waals surface area contributed by atoms with E-state index in [-0.39, 0.29) is 5.54 Å². The van der Waals surface area contributed by atoms with Crippen LogP contribution in [0.4, 0.5) is 0 Å². The Morgan fingerprint density at radius 2 is 2.17 bits per heavy atom. The van der Waals surface area contributed by atoms with Crippen LogP contribution >= 0.6 is 22.9 Å². The zero-order valence-electron chi connectivity index (χ0n) is 3.32. The molecule has 0 rings (SSSR count). The van der Waals surface area contributed by atoms with Crippen LogP contribution in [0.5, 0.6) is 0 Å². The van der Waals surface area contributed by atoms with Gasteiger partial charge in [-0.2, -0.15) is 22.9 Å². The molecule has 0 unspecified atom stereocenters. The van der Waals surface area contributed by atoms with E-state index in [1.165, 1.54) is 0 Å². The summed E-state index contributed by atoms with van der Waals surface area (Å²) in [6.45, 7) is 3.43. The van der Waals surface area contributed by atoms with Crippen molar-refractivity contribution in [3.63, 3.8) is 0 Å². The first kappa shape index (κ1) is 6.38. The van der Waals surface area contributed by atoms with Crippen LogP contribution in [0.1, 0.15) is 0 Å². The molecule has 0 spiro atoms. The van der Waals surface area contributed by atoms with E-state index in [9.17, 15) is 0 Å². The molecular formula is C3H5BCl2. The van der Waals surface area contributed by atoms with Crippen LogP contribution in [0.2, 0.25) is 6.32 Å². The van der Waals surface area contributed by atoms with E-state index < -0.39 is 0 Å². The minimum Gasteiger partial charge on any atom is -0.171 e. The summed E-state index contributed by atoms with van der Waals surface area (Å²) < 4.78 is 0. The van der Waals surface area contributed by atoms with Gasteiger partial charge in [0, 0.05) is 0 Å². The van der Waals surface area contributed by atoms with E-state index in [4.69, 9.17) is 22.9 Å². The second kappa shape index (κ2) is 3.57. The molecule has 0 N–H and O–H groups in total. The normalized spacial score (nSPS) is 7.67. The Bertz CT molecular complexity index is 44.1. The molecule has 0 fully saturated rings. The molecule has 0 aromatic heterocycles. The maximum Gasteiger partial charge on any atom is 0.355 e. The Balaban J connectivity index is 2.81. The fourth-order valence-electron chi connectivity index (χ4n) is 0.126. The summed E-state index contributed by atoms with van der Waals surface area (Å²) in [5, 5.41) is 0. The van der Waals surface area contributed by atoms with Gasteiger partial charge in [0.1, 0.15) is 0 Å². The predicted octanol–water partition coefficient (Wildman–Crippen LogP) is 2.14. The van der Waals surface area contributed by atoms with Gasteiger partial charge in [-0.25, -0.2) is 0 Å². The van der Waals surface area contributed by atoms with Gasteiger partial charge in [0.2, 0.25) is 0 Å². The molecule has 0 aromatic rings. The summed E-state index contributed by atoms with van der Waals surface area (Å²) in [4.78, 5) is 0. The zero-order chi connectivity index (χ0) is 4.99. The highest BCUT2D eigenvalue weighted by Gasteiger charge is 1.98. The molecular weight excluding hydrogens is 118 g/mol. The number of halogens is 2. The average molecular weight is 123 g/mol. The maximum absolute atomic E-state index is 5.27. The molecule has 0 amide bonds. The number of hydrogen-bond donors (Lipinski definition) is 0. The molecule has 0 aliphatic rings. The number of hydrogen-bond acceptors (Lipinski definition) is 0. The molecule has 0 atom stereocenters. The molecule has 0 nitrogen and oxygen atoms in total. The lowest BCUT2D eigenvalue weighted by atomic mass is 10.0. The fraction of sp³-hybridized carbons (Fsp3) is 0.333. The average Bonchev–Trinajstić information content (AvgIpc) is 1.35. The van der Waals surface area contributed by atoms with E-state index in [1.54, 1.807) is 6.08 Å². The summed E-state index contributed by atoms with van der Waals surface area (Å²) in [6.07, 6.45) is 2.35. The predicted molar refractivity (Wildman–Crippen MR) is 32.5 cm³/mol. The van der Waals surface area contributed by atoms with Crippen LogP contribution in [-0.2, 0) is 0 Å². The Labute approximate surface area is 48.0 Å². The smallest absolute Gasteiger partial charge is 0.171 e. The van der Waals surface area contributed by atoms with Crippen LogP contribution in [0, 0.1) is 0 Å². The third-order valence-electron chi connectivity index (χ3n) is 0.345. The van der Waals surface area contributed by atoms with Crippen molar-refractivity contribution in [1.82, 2.24) is 0 Å². The molecule has 0 bridgehead atoms. The highest BCUT2D eigenvalue weighted by molar-refractivity contribution is 7.33. The Morgan fingerprint density at radius 3 is 2.17 bits per heavy atom. The summed E-state index contributed by atoms with van der Waals surface area (Å²) in [7, 11) is 0. The number of allylic oxidation sites excluding steroid dienone is 1. The molecule has 0 saturated carbocycles. The second-order valence-electron chi connectivity index (χ2n) is 0.915. The largest absolute Gasteiger partial charge is 0.355 e. The zero-order valence-corrected chi connectivity index (χ0v) is 4.84. The molecule has 34 valence electrons. The molecule has 0 aliphatic carbocycles. The van der Waals surface area contributed by atoms with Gasteiger partial charge in [0.15, 0.2) is 0 Å². The standard InChI is InChI=1S/C3H5BCl2/c1-2-3-4(5)6/h2H,1,3H2. The van der Waals surface area contributed by atoms with Gasteiger partial charge in [-0.05, 0) is 6.32 Å². The van der Waals surface area contributed by atoms with E-state index in [0.717, 1.165) is 0 Å². The van der Waals surface area contributed by atoms with E-state index in [1.807, 2.05) is 0 Å². The minimum atomic E-state index is -0.275. The third kappa shape index (κ3) is 4.38. The van der Waals surface area contributed by atoms with Crippen LogP contribution in [0.25, 0.3) is 0 Å². The maximum atomic E-state index is 5.27. The van der Waals surface area contributed by atoms with E-state index in [2.05, 4.69) is 6.58 Å². The SMILES string of the molecule is C=CCB(Cl)Cl. The highest BCUT2D eigenvalue weighted by Crippen LogP contribution is 2.01. The van der Waals surface area contributed by atoms with Gasteiger partial charge in [-0.15, -0.1) is 6.58 Å². The molecule has 0 aromatic carbocycles. The van der Waals surface area contributed by atoms with E-state index in [0.29, 0.717) is 6.32 Å². The van der Waals surface area contributed by atoms with Crippen molar-refractivity contribution in [2.75, 3.05) is 0 Å². The molecule has 3 heteroatoms. The first-order valence-corrected chi connectivity index (χ1v) is 2.53. The lowest BCUT2D eigenvalue weighted by Crippen LogP contribution is -1.84. The van der Waals surface area contributed by atoms with Crippen LogP contribution < -0.4 is 0 Å². The van der Waals surface area contributed by atoms with Crippen LogP contribution in [0.3, 0.4) is 0 Å². The van der Waals surface area contributed by atoms with Crippen molar-refractivity contribution >= 4 is 28.5 Å². The van der Waals surface area contributed by atoms with Gasteiger partial charge in [-0.3, -0.25) is 0 Å². The van der Waals surface area contributed by atoms with Gasteiger partial charge in [-0.1, -0.05) is 6.08 Å². The molecule has 0 saturated heterocycles. The monoisotopic (exact) mass is 122 g/mol. The topological polar surface area (TPSA) is 0 Å². The lowest BCUT2D eigenvalue weighted by molar-refractivity contribution is 1.74. The first-order chi connectivity index (χ1) is 2.77. The van der Waals surface area contributed by atoms with Crippen molar-refractivity contribution in [2.45, 2.75) is 6.32 Å². The summed E-state index contributed by atoms with van der Waals surface area (Å²) >= 11 is 10.5. The molecule has 0 aliphatic heterocycles. The lowest BCUT2D eigenvalue weighted by Gasteiger charge is -1.80. The van der Waals surface area contributed by atoms with Crippen LogP contribution in [-0.4, -0.2) is 5.54 Å². The molecule has 0 heterocycles. The van der Waals surface area contributed by atoms with E-state index >= 15 is 0 Å². The second-order valence-corrected chi connectivity index (χ2v) is 2.19. The minimum absolute atomic E-state index is 0.275. The van der Waals surface area contributed by atoms with Crippen molar-refractivity contribution in [3.05, 3.63) is 12.7 Å². The van der Waals surface area contributed by atoms with Crippen molar-refractivity contribution in [2.24, 2.45) is 0 Å². The molecule has 0 radical (unpaired) electrons. The van der Waals surface area contributed by atoms with Crippen LogP contribution in [0.15, 0.2) is 12.7 Å². The highest BCUT2D eigenvalue weighted by atomic mass is 35.5. The van der Waals surface area contributed by atoms with Crippen molar-refractivity contribution in [3.8, 4) is 0 Å². The molecule has 6 heavy (non-hydrogen) atoms. The Hall–Kier alpha value is 0.385. The first-order valence-electron chi connectivity index (χ1n) is 1.66. The Morgan fingerprint density at radius 1 is 1.67 bits per heavy atom. The Kier molecular flexibility index (Phi) is 3.80. The summed E-state index contributed by atoms with van der Waals surface area (Å²) in [6, 6.07) is 0. The third-order valence-corrected chi connectivity index (χ3v) is 0.701. The van der Waals surface area contributed by atoms with Gasteiger partial charge >= 0.3 is 5.54 Å². The van der Waals surface area contributed by atoms with Crippen molar-refractivity contribution in [1.29, 1.82) is 0 Å². The van der Waals surface area contributed by atoms with Gasteiger partial charge in [0.05, 0.1) is 0 Å².